The maximum atomic E-state index is 13.2. The van der Waals surface area contributed by atoms with Gasteiger partial charge in [-0.1, -0.05) is 18.2 Å². The molecule has 0 saturated heterocycles. The van der Waals surface area contributed by atoms with Gasteiger partial charge in [-0.25, -0.2) is 8.42 Å². The van der Waals surface area contributed by atoms with Crippen molar-refractivity contribution < 1.29 is 22.7 Å². The fraction of sp³-hybridized carbons (Fsp3) is 0.208. The molecule has 4 rings (SSSR count). The number of anilines is 2. The minimum atomic E-state index is -3.67. The predicted molar refractivity (Wildman–Crippen MR) is 123 cm³/mol. The van der Waals surface area contributed by atoms with Gasteiger partial charge in [0.25, 0.3) is 15.9 Å². The number of carbonyl (C=O) groups is 1. The van der Waals surface area contributed by atoms with E-state index in [9.17, 15) is 13.2 Å². The first kappa shape index (κ1) is 21.7. The van der Waals surface area contributed by atoms with Gasteiger partial charge in [0.1, 0.15) is 11.5 Å². The molecule has 1 aliphatic rings. The second-order valence-electron chi connectivity index (χ2n) is 7.36. The van der Waals surface area contributed by atoms with Gasteiger partial charge >= 0.3 is 0 Å². The summed E-state index contributed by atoms with van der Waals surface area (Å²) in [6.07, 6.45) is 1.37. The smallest absolute Gasteiger partial charge is 0.264 e. The van der Waals surface area contributed by atoms with Crippen molar-refractivity contribution in [3.05, 3.63) is 77.9 Å². The SMILES string of the molecule is COc1ccc(OC)c(NC(=O)c2ccc3c(c2)CCCN3S(=O)(=O)c2ccccc2)c1. The van der Waals surface area contributed by atoms with E-state index in [2.05, 4.69) is 5.32 Å². The Morgan fingerprint density at radius 1 is 0.969 bits per heavy atom. The van der Waals surface area contributed by atoms with Gasteiger partial charge < -0.3 is 14.8 Å². The summed E-state index contributed by atoms with van der Waals surface area (Å²) in [6.45, 7) is 0.400. The molecular formula is C24H24N2O5S. The monoisotopic (exact) mass is 452 g/mol. The van der Waals surface area contributed by atoms with Crippen LogP contribution in [0.4, 0.5) is 11.4 Å². The summed E-state index contributed by atoms with van der Waals surface area (Å²) in [5, 5.41) is 2.85. The first-order valence-corrected chi connectivity index (χ1v) is 11.6. The summed E-state index contributed by atoms with van der Waals surface area (Å²) >= 11 is 0. The van der Waals surface area contributed by atoms with E-state index in [1.165, 1.54) is 11.4 Å². The number of amides is 1. The van der Waals surface area contributed by atoms with Gasteiger partial charge in [0, 0.05) is 18.2 Å². The summed E-state index contributed by atoms with van der Waals surface area (Å²) < 4.78 is 38.3. The molecule has 0 radical (unpaired) electrons. The van der Waals surface area contributed by atoms with Crippen LogP contribution in [0.25, 0.3) is 0 Å². The van der Waals surface area contributed by atoms with Crippen LogP contribution in [0, 0.1) is 0 Å². The van der Waals surface area contributed by atoms with Crippen molar-refractivity contribution in [2.45, 2.75) is 17.7 Å². The van der Waals surface area contributed by atoms with Gasteiger partial charge in [-0.05, 0) is 60.9 Å². The fourth-order valence-electron chi connectivity index (χ4n) is 3.78. The summed E-state index contributed by atoms with van der Waals surface area (Å²) in [5.41, 5.74) is 2.35. The fourth-order valence-corrected chi connectivity index (χ4v) is 5.34. The van der Waals surface area contributed by atoms with Crippen molar-refractivity contribution in [1.29, 1.82) is 0 Å². The van der Waals surface area contributed by atoms with Gasteiger partial charge in [0.15, 0.2) is 0 Å². The molecule has 1 N–H and O–H groups in total. The largest absolute Gasteiger partial charge is 0.497 e. The summed E-state index contributed by atoms with van der Waals surface area (Å²) in [6, 6.07) is 18.6. The first-order chi connectivity index (χ1) is 15.4. The predicted octanol–water partition coefficient (Wildman–Crippen LogP) is 4.10. The van der Waals surface area contributed by atoms with Gasteiger partial charge in [0.05, 0.1) is 30.5 Å². The number of rotatable bonds is 6. The molecule has 0 atom stereocenters. The molecule has 166 valence electrons. The Balaban J connectivity index is 1.63. The van der Waals surface area contributed by atoms with Crippen LogP contribution in [0.1, 0.15) is 22.3 Å². The number of nitrogens with one attached hydrogen (secondary N) is 1. The second kappa shape index (κ2) is 8.92. The van der Waals surface area contributed by atoms with Crippen LogP contribution in [0.2, 0.25) is 0 Å². The van der Waals surface area contributed by atoms with E-state index in [1.807, 2.05) is 0 Å². The van der Waals surface area contributed by atoms with Crippen molar-refractivity contribution in [3.63, 3.8) is 0 Å². The zero-order valence-corrected chi connectivity index (χ0v) is 18.7. The zero-order chi connectivity index (χ0) is 22.7. The third-order valence-corrected chi connectivity index (χ3v) is 7.23. The zero-order valence-electron chi connectivity index (χ0n) is 17.9. The Labute approximate surface area is 187 Å². The van der Waals surface area contributed by atoms with E-state index in [0.717, 1.165) is 5.56 Å². The van der Waals surface area contributed by atoms with Gasteiger partial charge in [-0.2, -0.15) is 0 Å². The molecular weight excluding hydrogens is 428 g/mol. The van der Waals surface area contributed by atoms with Crippen molar-refractivity contribution in [2.24, 2.45) is 0 Å². The number of sulfonamides is 1. The van der Waals surface area contributed by atoms with Crippen LogP contribution in [0.15, 0.2) is 71.6 Å². The summed E-state index contributed by atoms with van der Waals surface area (Å²) in [4.78, 5) is 13.2. The molecule has 0 bridgehead atoms. The lowest BCUT2D eigenvalue weighted by Crippen LogP contribution is -2.35. The Bertz CT molecular complexity index is 1240. The molecule has 1 amide bonds. The van der Waals surface area contributed by atoms with Crippen molar-refractivity contribution >= 4 is 27.3 Å². The molecule has 32 heavy (non-hydrogen) atoms. The molecule has 0 spiro atoms. The number of carbonyl (C=O) groups excluding carboxylic acids is 1. The molecule has 1 aliphatic heterocycles. The van der Waals surface area contributed by atoms with Crippen molar-refractivity contribution in [3.8, 4) is 11.5 Å². The number of aryl methyl sites for hydroxylation is 1. The second-order valence-corrected chi connectivity index (χ2v) is 9.22. The lowest BCUT2D eigenvalue weighted by atomic mass is 10.0. The molecule has 8 heteroatoms. The molecule has 0 fully saturated rings. The summed E-state index contributed by atoms with van der Waals surface area (Å²) in [7, 11) is -0.598. The van der Waals surface area contributed by atoms with Crippen molar-refractivity contribution in [2.75, 3.05) is 30.4 Å². The van der Waals surface area contributed by atoms with Gasteiger partial charge in [0.2, 0.25) is 0 Å². The first-order valence-electron chi connectivity index (χ1n) is 10.2. The Morgan fingerprint density at radius 3 is 2.47 bits per heavy atom. The summed E-state index contributed by atoms with van der Waals surface area (Å²) in [5.74, 6) is 0.785. The van der Waals surface area contributed by atoms with Crippen LogP contribution in [-0.4, -0.2) is 35.1 Å². The van der Waals surface area contributed by atoms with E-state index in [4.69, 9.17) is 9.47 Å². The molecule has 1 heterocycles. The topological polar surface area (TPSA) is 84.9 Å². The van der Waals surface area contributed by atoms with E-state index in [1.54, 1.807) is 73.8 Å². The van der Waals surface area contributed by atoms with E-state index in [0.29, 0.717) is 47.8 Å². The third kappa shape index (κ3) is 4.13. The number of ether oxygens (including phenoxy) is 2. The highest BCUT2D eigenvalue weighted by Crippen LogP contribution is 2.34. The number of fused-ring (bicyclic) bond motifs is 1. The average molecular weight is 453 g/mol. The van der Waals surface area contributed by atoms with E-state index < -0.39 is 10.0 Å². The minimum absolute atomic E-state index is 0.250. The van der Waals surface area contributed by atoms with Crippen molar-refractivity contribution in [1.82, 2.24) is 0 Å². The van der Waals surface area contributed by atoms with E-state index in [-0.39, 0.29) is 10.8 Å². The van der Waals surface area contributed by atoms with E-state index >= 15 is 0 Å². The molecule has 0 saturated carbocycles. The maximum Gasteiger partial charge on any atom is 0.264 e. The molecule has 3 aromatic carbocycles. The number of methoxy groups -OCH3 is 2. The molecule has 3 aromatic rings. The standard InChI is InChI=1S/C24H24N2O5S/c1-30-19-11-13-23(31-2)21(16-19)25-24(27)18-10-12-22-17(15-18)7-6-14-26(22)32(28,29)20-8-4-3-5-9-20/h3-5,8-13,15-16H,6-7,14H2,1-2H3,(H,25,27). The third-order valence-electron chi connectivity index (χ3n) is 5.40. The van der Waals surface area contributed by atoms with Crippen LogP contribution in [-0.2, 0) is 16.4 Å². The normalized spacial score (nSPS) is 13.2. The van der Waals surface area contributed by atoms with Crippen LogP contribution in [0.3, 0.4) is 0 Å². The molecule has 0 aromatic heterocycles. The Kier molecular flexibility index (Phi) is 6.05. The highest BCUT2D eigenvalue weighted by atomic mass is 32.2. The number of hydrogen-bond donors (Lipinski definition) is 1. The number of nitrogens with zero attached hydrogens (tertiary/aromatic N) is 1. The molecule has 7 nitrogen and oxygen atoms in total. The maximum absolute atomic E-state index is 13.2. The number of hydrogen-bond acceptors (Lipinski definition) is 5. The van der Waals surface area contributed by atoms with Crippen LogP contribution >= 0.6 is 0 Å². The number of benzene rings is 3. The minimum Gasteiger partial charge on any atom is -0.497 e. The lowest BCUT2D eigenvalue weighted by molar-refractivity contribution is 0.102. The molecule has 0 aliphatic carbocycles. The lowest BCUT2D eigenvalue weighted by Gasteiger charge is -2.30. The Morgan fingerprint density at radius 2 is 1.75 bits per heavy atom. The average Bonchev–Trinajstić information content (AvgIpc) is 2.83. The molecule has 0 unspecified atom stereocenters. The quantitative estimate of drug-likeness (QED) is 0.609. The van der Waals surface area contributed by atoms with Gasteiger partial charge in [-0.3, -0.25) is 9.10 Å². The van der Waals surface area contributed by atoms with Crippen LogP contribution in [0.5, 0.6) is 11.5 Å². The highest BCUT2D eigenvalue weighted by molar-refractivity contribution is 7.92. The Hall–Kier alpha value is -3.52. The van der Waals surface area contributed by atoms with Gasteiger partial charge in [-0.15, -0.1) is 0 Å². The highest BCUT2D eigenvalue weighted by Gasteiger charge is 2.29. The van der Waals surface area contributed by atoms with Crippen LogP contribution < -0.4 is 19.1 Å².